The zero-order valence-corrected chi connectivity index (χ0v) is 66.8. The van der Waals surface area contributed by atoms with Crippen LogP contribution in [0.2, 0.25) is 20.1 Å². The summed E-state index contributed by atoms with van der Waals surface area (Å²) >= 11 is 26.9. The summed E-state index contributed by atoms with van der Waals surface area (Å²) in [5, 5.41) is 16.4. The van der Waals surface area contributed by atoms with Crippen LogP contribution >= 0.6 is 91.8 Å². The summed E-state index contributed by atoms with van der Waals surface area (Å²) in [5.41, 5.74) is -1.91. The number of benzene rings is 4. The monoisotopic (exact) mass is 1840 g/mol. The van der Waals surface area contributed by atoms with Gasteiger partial charge in [0.15, 0.2) is 69.1 Å². The third-order valence-electron chi connectivity index (χ3n) is 15.8. The Morgan fingerprint density at radius 1 is 0.371 bits per heavy atom. The molecule has 16 rings (SSSR count). The molecule has 4 aliphatic heterocycles. The number of ketones is 4. The highest BCUT2D eigenvalue weighted by Gasteiger charge is 2.34. The predicted octanol–water partition coefficient (Wildman–Crippen LogP) is 15.8. The summed E-state index contributed by atoms with van der Waals surface area (Å²) in [7, 11) is -17.9. The van der Waals surface area contributed by atoms with Crippen molar-refractivity contribution >= 4 is 179 Å². The second-order valence-electron chi connectivity index (χ2n) is 23.4. The van der Waals surface area contributed by atoms with Gasteiger partial charge in [0.25, 0.3) is 63.6 Å². The first kappa shape index (κ1) is 56.2. The smallest absolute Gasteiger partial charge is 0.265 e. The van der Waals surface area contributed by atoms with E-state index in [-0.39, 0.29) is 117 Å². The van der Waals surface area contributed by atoms with Crippen molar-refractivity contribution < 1.29 is 144 Å². The third-order valence-corrected chi connectivity index (χ3v) is 27.1. The number of sulfonamides is 4. The first-order valence-electron chi connectivity index (χ1n) is 44.5. The van der Waals surface area contributed by atoms with Crippen molar-refractivity contribution in [3.05, 3.63) is 201 Å². The lowest BCUT2D eigenvalue weighted by atomic mass is 10.0. The molecule has 4 aliphatic rings. The molecule has 12 heterocycles. The summed E-state index contributed by atoms with van der Waals surface area (Å²) in [4.78, 5) is 49.9. The zero-order chi connectivity index (χ0) is 105. The first-order valence-corrected chi connectivity index (χ1v) is 42.4. The van der Waals surface area contributed by atoms with Crippen molar-refractivity contribution in [2.75, 3.05) is 45.9 Å². The van der Waals surface area contributed by atoms with E-state index in [1.807, 2.05) is 18.9 Å². The average Bonchev–Trinajstić information content (AvgIpc) is 1.47. The van der Waals surface area contributed by atoms with Gasteiger partial charge < -0.3 is 56.0 Å². The molecule has 0 radical (unpaired) electrons. The minimum atomic E-state index is -4.52. The van der Waals surface area contributed by atoms with Crippen LogP contribution in [0.5, 0.6) is 46.0 Å². The van der Waals surface area contributed by atoms with E-state index in [1.165, 1.54) is 70.1 Å². The molecule has 0 spiro atoms. The van der Waals surface area contributed by atoms with Gasteiger partial charge in [-0.2, -0.15) is 0 Å². The number of aromatic nitrogens is 4. The number of carbonyl (C=O) groups is 4. The van der Waals surface area contributed by atoms with Gasteiger partial charge in [-0.15, -0.1) is 45.3 Å². The molecule has 608 valence electrons. The number of aryl methyl sites for hydroxylation is 8. The fourth-order valence-electron chi connectivity index (χ4n) is 10.3. The van der Waals surface area contributed by atoms with Crippen LogP contribution in [0.15, 0.2) is 132 Å². The normalized spacial score (nSPS) is 18.5. The average molecular weight is 1850 g/mol. The molecule has 32 nitrogen and oxygen atoms in total. The van der Waals surface area contributed by atoms with Crippen LogP contribution in [-0.2, 0) is 65.8 Å². The maximum Gasteiger partial charge on any atom is 0.265 e. The fraction of sp³-hybridized carbons (Fsp3) is 0.222. The van der Waals surface area contributed by atoms with E-state index in [1.54, 1.807) is 6.92 Å². The van der Waals surface area contributed by atoms with Gasteiger partial charge in [-0.25, -0.2) is 52.6 Å². The highest BCUT2D eigenvalue weighted by atomic mass is 35.5. The summed E-state index contributed by atoms with van der Waals surface area (Å²) in [6.07, 6.45) is -1.69. The summed E-state index contributed by atoms with van der Waals surface area (Å²) < 4.78 is 367. The molecule has 0 aliphatic carbocycles. The molecular weight excluding hydrogens is 1760 g/mol. The van der Waals surface area contributed by atoms with Crippen molar-refractivity contribution in [3.63, 3.8) is 0 Å². The largest absolute Gasteiger partial charge is 0.454 e. The molecule has 1 unspecified atom stereocenters. The predicted molar refractivity (Wildman–Crippen MR) is 427 cm³/mol. The molecule has 0 saturated carbocycles. The lowest BCUT2D eigenvalue weighted by Gasteiger charge is -2.09. The molecule has 4 N–H and O–H groups in total. The van der Waals surface area contributed by atoms with Gasteiger partial charge in [-0.05, 0) is 194 Å². The van der Waals surface area contributed by atoms with Gasteiger partial charge in [0.2, 0.25) is 27.1 Å². The Morgan fingerprint density at radius 2 is 0.612 bits per heavy atom. The number of ether oxygens (including phenoxy) is 8. The number of carbonyl (C=O) groups excluding carboxylic acids is 4. The molecule has 116 heavy (non-hydrogen) atoms. The van der Waals surface area contributed by atoms with Gasteiger partial charge in [0.1, 0.15) is 69.3 Å². The third kappa shape index (κ3) is 18.1. The second-order valence-corrected chi connectivity index (χ2v) is 35.2. The summed E-state index contributed by atoms with van der Waals surface area (Å²) in [5.74, 6) is -4.51. The fourth-order valence-corrected chi connectivity index (χ4v) is 20.5. The first-order chi connectivity index (χ1) is 65.3. The maximum atomic E-state index is 13.2. The molecule has 12 aromatic rings. The van der Waals surface area contributed by atoms with Gasteiger partial charge in [0.05, 0.1) is 19.5 Å². The van der Waals surface area contributed by atoms with Gasteiger partial charge in [0, 0.05) is 54.5 Å². The van der Waals surface area contributed by atoms with E-state index in [4.69, 9.17) is 138 Å². The Kier molecular flexibility index (Phi) is 16.5. The Hall–Kier alpha value is -10.2. The lowest BCUT2D eigenvalue weighted by Crippen LogP contribution is -2.16. The number of thiophene rings is 4. The van der Waals surface area contributed by atoms with Crippen LogP contribution < -0.4 is 56.8 Å². The van der Waals surface area contributed by atoms with Crippen molar-refractivity contribution in [2.45, 2.75) is 100 Å². The van der Waals surface area contributed by atoms with E-state index >= 15 is 0 Å². The highest BCUT2D eigenvalue weighted by Crippen LogP contribution is 2.42. The van der Waals surface area contributed by atoms with Crippen molar-refractivity contribution in [2.24, 2.45) is 0 Å². The Morgan fingerprint density at radius 3 is 0.888 bits per heavy atom. The second kappa shape index (κ2) is 34.1. The van der Waals surface area contributed by atoms with Crippen LogP contribution in [-0.4, -0.2) is 104 Å². The van der Waals surface area contributed by atoms with Crippen LogP contribution in [0.3, 0.4) is 0 Å². The highest BCUT2D eigenvalue weighted by molar-refractivity contribution is 7.94. The molecule has 4 aromatic carbocycles. The van der Waals surface area contributed by atoms with Crippen molar-refractivity contribution in [1.82, 2.24) is 20.6 Å². The van der Waals surface area contributed by atoms with Crippen molar-refractivity contribution in [1.29, 1.82) is 0 Å². The number of hydrogen-bond acceptors (Lipinski definition) is 32. The Labute approximate surface area is 732 Å². The SMILES string of the molecule is [2H]C([2H])([2H])c1cc2c(cc1CC(=O)c1sccc1S(=O)(=O)Nc1onc(C([2H])([2H])[2H])c1Cl)OCO2.[2H]C1([2H])Oc2cc(C)c(CC(=O)c3sccc3S(=O)(=O)Nc3onc(C([2H])([2H])[2H])c3Cl)cc2O1.[2H]C1([2H])Oc2cc(CC(=O)c3sccc3S(=O)(=O)Nc3onc(C([2H])([2H])[2H])c3Cl)c(C([2H])([2H])[2H])cc2O1.[2H]C1Oc2cc(CC(=O)c3sccc3S(=O)(=O)Nc3onc(C([2H])([2H])[2H])c3Cl)c(C([2H])([2H])[2H])cc2O1. The molecule has 0 fully saturated rings. The summed E-state index contributed by atoms with van der Waals surface area (Å²) in [6, 6.07) is 15.0. The minimum Gasteiger partial charge on any atom is -0.454 e. The standard InChI is InChI=1S/4C18H15ClN2O6S2/c4*1-9-5-13-14(26-8-25-13)7-11(9)6-12(22)17-15(3-4-28-17)29(23,24)21-18-16(19)10(2)20-27-18/h4*3-5,7,21H,6,8H2,1-2H3/i1D3,2D3,8D2;1D3,2D3,8D;2D3,8D2;1D3,2D3. The molecule has 8 aromatic heterocycles. The molecule has 0 saturated heterocycles. The molecule has 0 bridgehead atoms. The van der Waals surface area contributed by atoms with Gasteiger partial charge in [-0.3, -0.25) is 19.2 Å². The van der Waals surface area contributed by atoms with E-state index in [9.17, 15) is 52.8 Å². The van der Waals surface area contributed by atoms with E-state index in [2.05, 4.69) is 20.6 Å². The van der Waals surface area contributed by atoms with Crippen molar-refractivity contribution in [3.8, 4) is 46.0 Å². The molecular formula is C72H60Cl4N8O24S8. The van der Waals surface area contributed by atoms with Crippen LogP contribution in [0.25, 0.3) is 0 Å². The molecule has 0 amide bonds. The number of anilines is 4. The number of Topliss-reactive ketones (excluding diaryl/α,β-unsaturated/α-hetero) is 4. The van der Waals surface area contributed by atoms with E-state index in [0.717, 1.165) is 69.6 Å². The number of rotatable bonds is 24. The Bertz CT molecular complexity index is 7500. The maximum absolute atomic E-state index is 13.2. The number of halogens is 4. The number of nitrogens with one attached hydrogen (secondary N) is 4. The quantitative estimate of drug-likeness (QED) is 0.0408. The topological polar surface area (TPSA) is 431 Å². The van der Waals surface area contributed by atoms with Crippen LogP contribution in [0.4, 0.5) is 23.5 Å². The van der Waals surface area contributed by atoms with E-state index < -0.39 is 232 Å². The van der Waals surface area contributed by atoms with Gasteiger partial charge >= 0.3 is 0 Å². The van der Waals surface area contributed by atoms with Gasteiger partial charge in [-0.1, -0.05) is 67.0 Å². The summed E-state index contributed by atoms with van der Waals surface area (Å²) in [6.45, 7) is -23.5. The van der Waals surface area contributed by atoms with Crippen LogP contribution in [0.1, 0.15) is 142 Å². The zero-order valence-electron chi connectivity index (χ0n) is 83.2. The molecule has 1 atom stereocenters. The molecule has 44 heteroatoms. The number of fused-ring (bicyclic) bond motifs is 4. The Balaban J connectivity index is 0.000000159. The minimum absolute atomic E-state index is 0.0428. The number of nitrogens with zero attached hydrogens (tertiary/aromatic N) is 4. The van der Waals surface area contributed by atoms with Crippen LogP contribution in [0, 0.1) is 54.9 Å². The van der Waals surface area contributed by atoms with E-state index in [0.29, 0.717) is 11.1 Å². The number of hydrogen-bond donors (Lipinski definition) is 4. The lowest BCUT2D eigenvalue weighted by molar-refractivity contribution is 0.0985.